The summed E-state index contributed by atoms with van der Waals surface area (Å²) in [7, 11) is 0. The standard InChI is InChI=1S/C23H24N2O3S/c1-16-12-13-25(20-8-4-5-9-21(20)29-16)22(26)15-28-23(27)11-10-17-14-24-19-7-3-2-6-18(17)19/h2-9,14,16,24H,10-13,15H2,1H3/t16-/m0/s1. The van der Waals surface area contributed by atoms with Gasteiger partial charge in [-0.2, -0.15) is 0 Å². The third-order valence-corrected chi connectivity index (χ3v) is 6.41. The van der Waals surface area contributed by atoms with Gasteiger partial charge in [-0.25, -0.2) is 0 Å². The Morgan fingerprint density at radius 2 is 1.97 bits per heavy atom. The summed E-state index contributed by atoms with van der Waals surface area (Å²) in [4.78, 5) is 31.0. The summed E-state index contributed by atoms with van der Waals surface area (Å²) in [6, 6.07) is 15.9. The molecule has 2 heterocycles. The fourth-order valence-electron chi connectivity index (χ4n) is 3.61. The van der Waals surface area contributed by atoms with Crippen molar-refractivity contribution in [2.24, 2.45) is 0 Å². The summed E-state index contributed by atoms with van der Waals surface area (Å²) < 4.78 is 5.30. The van der Waals surface area contributed by atoms with E-state index in [0.29, 0.717) is 18.2 Å². The zero-order valence-corrected chi connectivity index (χ0v) is 17.2. The number of aromatic nitrogens is 1. The van der Waals surface area contributed by atoms with Crippen LogP contribution in [0.3, 0.4) is 0 Å². The molecule has 4 rings (SSSR count). The highest BCUT2D eigenvalue weighted by atomic mass is 32.2. The highest BCUT2D eigenvalue weighted by molar-refractivity contribution is 8.00. The van der Waals surface area contributed by atoms with Crippen molar-refractivity contribution in [3.63, 3.8) is 0 Å². The van der Waals surface area contributed by atoms with E-state index >= 15 is 0 Å². The van der Waals surface area contributed by atoms with Crippen molar-refractivity contribution < 1.29 is 14.3 Å². The van der Waals surface area contributed by atoms with E-state index < -0.39 is 0 Å². The molecule has 0 spiro atoms. The zero-order valence-electron chi connectivity index (χ0n) is 16.4. The molecule has 3 aromatic rings. The number of nitrogens with zero attached hydrogens (tertiary/aromatic N) is 1. The van der Waals surface area contributed by atoms with Crippen LogP contribution in [0.5, 0.6) is 0 Å². The summed E-state index contributed by atoms with van der Waals surface area (Å²) in [5.41, 5.74) is 3.04. The Morgan fingerprint density at radius 1 is 1.17 bits per heavy atom. The van der Waals surface area contributed by atoms with Crippen molar-refractivity contribution in [3.05, 3.63) is 60.3 Å². The van der Waals surface area contributed by atoms with Crippen LogP contribution in [0.25, 0.3) is 10.9 Å². The Balaban J connectivity index is 1.34. The van der Waals surface area contributed by atoms with Crippen LogP contribution < -0.4 is 4.90 Å². The molecule has 0 bridgehead atoms. The molecule has 150 valence electrons. The first-order valence-corrected chi connectivity index (χ1v) is 10.8. The maximum Gasteiger partial charge on any atom is 0.306 e. The number of ether oxygens (including phenoxy) is 1. The van der Waals surface area contributed by atoms with Gasteiger partial charge < -0.3 is 14.6 Å². The van der Waals surface area contributed by atoms with Crippen LogP contribution in [-0.2, 0) is 20.7 Å². The highest BCUT2D eigenvalue weighted by Gasteiger charge is 2.24. The number of benzene rings is 2. The Bertz CT molecular complexity index is 1030. The van der Waals surface area contributed by atoms with Crippen molar-refractivity contribution in [1.82, 2.24) is 4.98 Å². The van der Waals surface area contributed by atoms with Gasteiger partial charge in [0.25, 0.3) is 5.91 Å². The summed E-state index contributed by atoms with van der Waals surface area (Å²) >= 11 is 1.78. The fraction of sp³-hybridized carbons (Fsp3) is 0.304. The topological polar surface area (TPSA) is 62.4 Å². The lowest BCUT2D eigenvalue weighted by molar-refractivity contribution is -0.147. The third-order valence-electron chi connectivity index (χ3n) is 5.17. The van der Waals surface area contributed by atoms with E-state index in [9.17, 15) is 9.59 Å². The molecule has 1 N–H and O–H groups in total. The number of thioether (sulfide) groups is 1. The van der Waals surface area contributed by atoms with Crippen molar-refractivity contribution in [2.45, 2.75) is 36.3 Å². The first kappa shape index (κ1) is 19.6. The molecule has 0 unspecified atom stereocenters. The van der Waals surface area contributed by atoms with Gasteiger partial charge in [0, 0.05) is 40.2 Å². The number of nitrogens with one attached hydrogen (secondary N) is 1. The minimum atomic E-state index is -0.352. The van der Waals surface area contributed by atoms with Gasteiger partial charge in [0.15, 0.2) is 6.61 Å². The molecule has 1 atom stereocenters. The molecular weight excluding hydrogens is 384 g/mol. The van der Waals surface area contributed by atoms with Crippen LogP contribution in [-0.4, -0.2) is 35.3 Å². The molecule has 0 radical (unpaired) electrons. The monoisotopic (exact) mass is 408 g/mol. The first-order chi connectivity index (χ1) is 14.1. The van der Waals surface area contributed by atoms with E-state index in [1.165, 1.54) is 0 Å². The van der Waals surface area contributed by atoms with Gasteiger partial charge in [-0.3, -0.25) is 9.59 Å². The van der Waals surface area contributed by atoms with E-state index in [0.717, 1.165) is 33.5 Å². The predicted octanol–water partition coefficient (Wildman–Crippen LogP) is 4.56. The van der Waals surface area contributed by atoms with Gasteiger partial charge in [0.05, 0.1) is 5.69 Å². The molecule has 1 aliphatic rings. The second-order valence-electron chi connectivity index (χ2n) is 7.25. The predicted molar refractivity (Wildman–Crippen MR) is 116 cm³/mol. The van der Waals surface area contributed by atoms with Crippen LogP contribution in [0.15, 0.2) is 59.6 Å². The minimum absolute atomic E-state index is 0.174. The van der Waals surface area contributed by atoms with Crippen LogP contribution in [0.1, 0.15) is 25.3 Å². The van der Waals surface area contributed by atoms with Crippen LogP contribution in [0, 0.1) is 0 Å². The number of hydrogen-bond donors (Lipinski definition) is 1. The number of esters is 1. The molecule has 6 heteroatoms. The Labute approximate surface area is 174 Å². The smallest absolute Gasteiger partial charge is 0.306 e. The van der Waals surface area contributed by atoms with Crippen molar-refractivity contribution in [1.29, 1.82) is 0 Å². The van der Waals surface area contributed by atoms with E-state index in [2.05, 4.69) is 11.9 Å². The molecule has 2 aromatic carbocycles. The van der Waals surface area contributed by atoms with Crippen LogP contribution in [0.2, 0.25) is 0 Å². The molecule has 0 saturated heterocycles. The Hall–Kier alpha value is -2.73. The summed E-state index contributed by atoms with van der Waals surface area (Å²) in [5.74, 6) is -0.526. The molecule has 0 aliphatic carbocycles. The largest absolute Gasteiger partial charge is 0.456 e. The van der Waals surface area contributed by atoms with Crippen molar-refractivity contribution in [2.75, 3.05) is 18.1 Å². The molecule has 29 heavy (non-hydrogen) atoms. The number of aryl methyl sites for hydroxylation is 1. The lowest BCUT2D eigenvalue weighted by atomic mass is 10.1. The summed E-state index contributed by atoms with van der Waals surface area (Å²) in [5, 5.41) is 1.55. The second kappa shape index (κ2) is 8.74. The SMILES string of the molecule is C[C@H]1CCN(C(=O)COC(=O)CCc2c[nH]c3ccccc23)c2ccccc2S1. The normalized spacial score (nSPS) is 16.3. The average molecular weight is 409 g/mol. The maximum absolute atomic E-state index is 12.8. The summed E-state index contributed by atoms with van der Waals surface area (Å²) in [6.45, 7) is 2.58. The molecule has 1 aromatic heterocycles. The number of aromatic amines is 1. The fourth-order valence-corrected chi connectivity index (χ4v) is 4.73. The number of carbonyl (C=O) groups excluding carboxylic acids is 2. The number of H-pyrrole nitrogens is 1. The van der Waals surface area contributed by atoms with Crippen molar-refractivity contribution >= 4 is 40.2 Å². The maximum atomic E-state index is 12.8. The molecule has 1 amide bonds. The number of hydrogen-bond acceptors (Lipinski definition) is 4. The quantitative estimate of drug-likeness (QED) is 0.629. The third kappa shape index (κ3) is 4.48. The highest BCUT2D eigenvalue weighted by Crippen LogP contribution is 2.37. The molecule has 5 nitrogen and oxygen atoms in total. The van der Waals surface area contributed by atoms with Gasteiger partial charge in [-0.05, 0) is 36.6 Å². The molecular formula is C23H24N2O3S. The summed E-state index contributed by atoms with van der Waals surface area (Å²) in [6.07, 6.45) is 3.66. The lowest BCUT2D eigenvalue weighted by Crippen LogP contribution is -2.35. The van der Waals surface area contributed by atoms with Crippen molar-refractivity contribution in [3.8, 4) is 0 Å². The van der Waals surface area contributed by atoms with E-state index in [-0.39, 0.29) is 24.9 Å². The number of anilines is 1. The number of rotatable bonds is 5. The van der Waals surface area contributed by atoms with Gasteiger partial charge in [-0.1, -0.05) is 37.3 Å². The second-order valence-corrected chi connectivity index (χ2v) is 8.73. The molecule has 0 saturated carbocycles. The van der Waals surface area contributed by atoms with Crippen LogP contribution in [0.4, 0.5) is 5.69 Å². The van der Waals surface area contributed by atoms with E-state index in [1.807, 2.05) is 54.7 Å². The Morgan fingerprint density at radius 3 is 2.86 bits per heavy atom. The number of para-hydroxylation sites is 2. The first-order valence-electron chi connectivity index (χ1n) is 9.88. The zero-order chi connectivity index (χ0) is 20.2. The lowest BCUT2D eigenvalue weighted by Gasteiger charge is -2.22. The van der Waals surface area contributed by atoms with E-state index in [1.54, 1.807) is 16.7 Å². The van der Waals surface area contributed by atoms with Crippen LogP contribution >= 0.6 is 11.8 Å². The van der Waals surface area contributed by atoms with Gasteiger partial charge in [0.1, 0.15) is 0 Å². The number of fused-ring (bicyclic) bond motifs is 2. The number of carbonyl (C=O) groups is 2. The van der Waals surface area contributed by atoms with Gasteiger partial charge >= 0.3 is 5.97 Å². The minimum Gasteiger partial charge on any atom is -0.456 e. The number of amides is 1. The van der Waals surface area contributed by atoms with E-state index in [4.69, 9.17) is 4.74 Å². The van der Waals surface area contributed by atoms with Gasteiger partial charge in [-0.15, -0.1) is 11.8 Å². The molecule has 0 fully saturated rings. The average Bonchev–Trinajstić information content (AvgIpc) is 3.06. The molecule has 1 aliphatic heterocycles. The Kier molecular flexibility index (Phi) is 5.90. The van der Waals surface area contributed by atoms with Gasteiger partial charge in [0.2, 0.25) is 0 Å².